The van der Waals surface area contributed by atoms with Gasteiger partial charge in [0.2, 0.25) is 0 Å². The normalized spacial score (nSPS) is 22.5. The molecule has 1 atom stereocenters. The molecule has 3 nitrogen and oxygen atoms in total. The number of halogens is 1. The molecule has 2 rings (SSSR count). The van der Waals surface area contributed by atoms with E-state index in [9.17, 15) is 0 Å². The molecule has 78 valence electrons. The molecule has 1 saturated heterocycles. The fourth-order valence-corrected chi connectivity index (χ4v) is 2.57. The molecule has 1 unspecified atom stereocenters. The summed E-state index contributed by atoms with van der Waals surface area (Å²) < 4.78 is 0.628. The quantitative estimate of drug-likeness (QED) is 0.831. The van der Waals surface area contributed by atoms with E-state index < -0.39 is 0 Å². The van der Waals surface area contributed by atoms with Crippen molar-refractivity contribution in [3.63, 3.8) is 0 Å². The van der Waals surface area contributed by atoms with Crippen LogP contribution in [-0.4, -0.2) is 24.1 Å². The number of piperidine rings is 1. The summed E-state index contributed by atoms with van der Waals surface area (Å²) >= 11 is 7.30. The van der Waals surface area contributed by atoms with Gasteiger partial charge in [-0.15, -0.1) is 11.3 Å². The van der Waals surface area contributed by atoms with Gasteiger partial charge in [-0.3, -0.25) is 0 Å². The van der Waals surface area contributed by atoms with Crippen molar-refractivity contribution in [2.24, 2.45) is 0 Å². The van der Waals surface area contributed by atoms with Crippen molar-refractivity contribution < 1.29 is 0 Å². The van der Waals surface area contributed by atoms with Crippen LogP contribution in [0.5, 0.6) is 0 Å². The highest BCUT2D eigenvalue weighted by Crippen LogP contribution is 2.17. The third-order valence-electron chi connectivity index (χ3n) is 2.39. The summed E-state index contributed by atoms with van der Waals surface area (Å²) in [7, 11) is 0. The van der Waals surface area contributed by atoms with E-state index in [0.29, 0.717) is 10.5 Å². The first-order chi connectivity index (χ1) is 6.84. The van der Waals surface area contributed by atoms with Crippen LogP contribution in [0.3, 0.4) is 0 Å². The molecule has 14 heavy (non-hydrogen) atoms. The van der Waals surface area contributed by atoms with Crippen molar-refractivity contribution in [3.05, 3.63) is 15.5 Å². The SMILES string of the molecule is Clc1ncc(CNC2CCCNC2)s1. The van der Waals surface area contributed by atoms with E-state index in [1.54, 1.807) is 11.3 Å². The number of nitrogens with one attached hydrogen (secondary N) is 2. The zero-order chi connectivity index (χ0) is 9.80. The van der Waals surface area contributed by atoms with Crippen molar-refractivity contribution in [1.82, 2.24) is 15.6 Å². The van der Waals surface area contributed by atoms with Crippen LogP contribution in [0.15, 0.2) is 6.20 Å². The molecule has 2 N–H and O–H groups in total. The minimum Gasteiger partial charge on any atom is -0.315 e. The van der Waals surface area contributed by atoms with Crippen LogP contribution in [0, 0.1) is 0 Å². The highest BCUT2D eigenvalue weighted by Gasteiger charge is 2.12. The van der Waals surface area contributed by atoms with Gasteiger partial charge in [0.15, 0.2) is 4.47 Å². The fourth-order valence-electron chi connectivity index (χ4n) is 1.64. The average Bonchev–Trinajstić information content (AvgIpc) is 2.63. The van der Waals surface area contributed by atoms with Crippen LogP contribution in [0.2, 0.25) is 4.47 Å². The Morgan fingerprint density at radius 2 is 2.64 bits per heavy atom. The second kappa shape index (κ2) is 5.07. The Morgan fingerprint density at radius 1 is 1.71 bits per heavy atom. The number of hydrogen-bond donors (Lipinski definition) is 2. The van der Waals surface area contributed by atoms with Gasteiger partial charge in [0.05, 0.1) is 0 Å². The molecule has 1 aliphatic heterocycles. The van der Waals surface area contributed by atoms with Crippen molar-refractivity contribution in [1.29, 1.82) is 0 Å². The van der Waals surface area contributed by atoms with Gasteiger partial charge in [0.25, 0.3) is 0 Å². The van der Waals surface area contributed by atoms with Crippen molar-refractivity contribution in [2.45, 2.75) is 25.4 Å². The van der Waals surface area contributed by atoms with Crippen LogP contribution >= 0.6 is 22.9 Å². The van der Waals surface area contributed by atoms with Gasteiger partial charge in [-0.2, -0.15) is 0 Å². The first-order valence-corrected chi connectivity index (χ1v) is 6.08. The fraction of sp³-hybridized carbons (Fsp3) is 0.667. The zero-order valence-corrected chi connectivity index (χ0v) is 9.50. The molecule has 0 spiro atoms. The predicted octanol–water partition coefficient (Wildman–Crippen LogP) is 1.64. The van der Waals surface area contributed by atoms with Gasteiger partial charge in [-0.1, -0.05) is 11.6 Å². The molecule has 0 aromatic carbocycles. The second-order valence-corrected chi connectivity index (χ2v) is 5.20. The van der Waals surface area contributed by atoms with E-state index in [1.165, 1.54) is 17.7 Å². The molecule has 0 bridgehead atoms. The van der Waals surface area contributed by atoms with Crippen LogP contribution in [0.1, 0.15) is 17.7 Å². The largest absolute Gasteiger partial charge is 0.315 e. The molecule has 5 heteroatoms. The first-order valence-electron chi connectivity index (χ1n) is 4.89. The summed E-state index contributed by atoms with van der Waals surface area (Å²) in [4.78, 5) is 5.22. The van der Waals surface area contributed by atoms with E-state index >= 15 is 0 Å². The van der Waals surface area contributed by atoms with Gasteiger partial charge in [0, 0.05) is 30.2 Å². The molecular weight excluding hydrogens is 218 g/mol. The third kappa shape index (κ3) is 2.92. The molecule has 0 radical (unpaired) electrons. The van der Waals surface area contributed by atoms with E-state index in [2.05, 4.69) is 15.6 Å². The smallest absolute Gasteiger partial charge is 0.183 e. The van der Waals surface area contributed by atoms with E-state index in [-0.39, 0.29) is 0 Å². The number of rotatable bonds is 3. The summed E-state index contributed by atoms with van der Waals surface area (Å²) in [5.41, 5.74) is 0. The molecule has 0 amide bonds. The lowest BCUT2D eigenvalue weighted by atomic mass is 10.1. The maximum atomic E-state index is 5.75. The standard InChI is InChI=1S/C9H14ClN3S/c10-9-13-6-8(14-9)5-12-7-2-1-3-11-4-7/h6-7,11-12H,1-5H2. The number of hydrogen-bond acceptors (Lipinski definition) is 4. The molecule has 2 heterocycles. The summed E-state index contributed by atoms with van der Waals surface area (Å²) in [5, 5.41) is 6.88. The molecular formula is C9H14ClN3S. The Labute approximate surface area is 92.9 Å². The van der Waals surface area contributed by atoms with Gasteiger partial charge < -0.3 is 10.6 Å². The molecule has 1 fully saturated rings. The monoisotopic (exact) mass is 231 g/mol. The first kappa shape index (κ1) is 10.4. The lowest BCUT2D eigenvalue weighted by Crippen LogP contribution is -2.42. The van der Waals surface area contributed by atoms with Crippen LogP contribution < -0.4 is 10.6 Å². The summed E-state index contributed by atoms with van der Waals surface area (Å²) in [5.74, 6) is 0. The zero-order valence-electron chi connectivity index (χ0n) is 7.92. The van der Waals surface area contributed by atoms with Crippen molar-refractivity contribution >= 4 is 22.9 Å². The summed E-state index contributed by atoms with van der Waals surface area (Å²) in [6.45, 7) is 3.12. The van der Waals surface area contributed by atoms with Gasteiger partial charge in [-0.05, 0) is 19.4 Å². The second-order valence-electron chi connectivity index (χ2n) is 3.50. The highest BCUT2D eigenvalue weighted by atomic mass is 35.5. The molecule has 1 aromatic heterocycles. The Bertz CT molecular complexity index is 283. The highest BCUT2D eigenvalue weighted by molar-refractivity contribution is 7.15. The summed E-state index contributed by atoms with van der Waals surface area (Å²) in [6, 6.07) is 0.602. The Hall–Kier alpha value is -0.160. The van der Waals surface area contributed by atoms with Gasteiger partial charge in [-0.25, -0.2) is 4.98 Å². The lowest BCUT2D eigenvalue weighted by molar-refractivity contribution is 0.390. The Balaban J connectivity index is 1.76. The number of nitrogens with zero attached hydrogens (tertiary/aromatic N) is 1. The van der Waals surface area contributed by atoms with E-state index in [4.69, 9.17) is 11.6 Å². The van der Waals surface area contributed by atoms with Gasteiger partial charge in [0.1, 0.15) is 0 Å². The molecule has 1 aromatic rings. The van der Waals surface area contributed by atoms with Crippen LogP contribution in [0.25, 0.3) is 0 Å². The maximum Gasteiger partial charge on any atom is 0.183 e. The van der Waals surface area contributed by atoms with E-state index in [1.807, 2.05) is 6.20 Å². The topological polar surface area (TPSA) is 37.0 Å². The summed E-state index contributed by atoms with van der Waals surface area (Å²) in [6.07, 6.45) is 4.37. The predicted molar refractivity (Wildman–Crippen MR) is 59.9 cm³/mol. The van der Waals surface area contributed by atoms with Crippen LogP contribution in [0.4, 0.5) is 0 Å². The maximum absolute atomic E-state index is 5.75. The van der Waals surface area contributed by atoms with Crippen LogP contribution in [-0.2, 0) is 6.54 Å². The van der Waals surface area contributed by atoms with Crippen molar-refractivity contribution in [2.75, 3.05) is 13.1 Å². The molecule has 1 aliphatic rings. The minimum absolute atomic E-state index is 0.602. The number of aromatic nitrogens is 1. The number of thiazole rings is 1. The lowest BCUT2D eigenvalue weighted by Gasteiger charge is -2.23. The average molecular weight is 232 g/mol. The van der Waals surface area contributed by atoms with Crippen molar-refractivity contribution in [3.8, 4) is 0 Å². The Morgan fingerprint density at radius 3 is 3.29 bits per heavy atom. The molecule has 0 saturated carbocycles. The van der Waals surface area contributed by atoms with E-state index in [0.717, 1.165) is 19.6 Å². The third-order valence-corrected chi connectivity index (χ3v) is 3.50. The Kier molecular flexibility index (Phi) is 3.75. The van der Waals surface area contributed by atoms with Gasteiger partial charge >= 0.3 is 0 Å². The molecule has 0 aliphatic carbocycles. The minimum atomic E-state index is 0.602.